The SMILES string of the molecule is CCCC/C=C\C/C=C\CCCCCCCC(=O)NC(COC1OC(CO)C(O)C(O)C1O)C(O)/C=C/CC/C=C/CC/C=C/CCCCCCC. The van der Waals surface area contributed by atoms with E-state index in [1.165, 1.54) is 44.9 Å². The van der Waals surface area contributed by atoms with E-state index >= 15 is 0 Å². The average Bonchev–Trinajstić information content (AvgIpc) is 3.14. The Morgan fingerprint density at radius 2 is 1.17 bits per heavy atom. The Hall–Kier alpha value is -2.11. The normalized spacial score (nSPS) is 22.5. The first kappa shape index (κ1) is 47.9. The van der Waals surface area contributed by atoms with Crippen molar-refractivity contribution in [3.8, 4) is 0 Å². The maximum absolute atomic E-state index is 12.9. The van der Waals surface area contributed by atoms with E-state index in [1.807, 2.05) is 6.08 Å². The van der Waals surface area contributed by atoms with E-state index in [-0.39, 0.29) is 12.5 Å². The summed E-state index contributed by atoms with van der Waals surface area (Å²) in [6.45, 7) is 3.65. The van der Waals surface area contributed by atoms with Gasteiger partial charge in [0, 0.05) is 6.42 Å². The third-order valence-electron chi connectivity index (χ3n) is 9.29. The number of ether oxygens (including phenoxy) is 2. The van der Waals surface area contributed by atoms with Crippen molar-refractivity contribution in [2.24, 2.45) is 0 Å². The van der Waals surface area contributed by atoms with Gasteiger partial charge < -0.3 is 40.3 Å². The Kier molecular flexibility index (Phi) is 30.8. The number of amides is 1. The molecule has 0 saturated carbocycles. The molecule has 0 aromatic rings. The standard InChI is InChI=1S/C43H75NO8/c1-3-5-7-9-11-13-15-17-19-20-22-24-26-28-30-32-37(46)36(35-51-43-42(50)41(49)40(48)38(34-45)52-43)44-39(47)33-31-29-27-25-23-21-18-16-14-12-10-8-6-4-2/h10,12,15-18,22,24,30,32,36-38,40-43,45-46,48-50H,3-9,11,13-14,19-21,23,25-29,31,33-35H2,1-2H3,(H,44,47)/b12-10-,17-15+,18-16-,24-22+,32-30+. The van der Waals surface area contributed by atoms with E-state index in [9.17, 15) is 30.3 Å². The summed E-state index contributed by atoms with van der Waals surface area (Å²) in [5, 5.41) is 54.0. The molecule has 0 bridgehead atoms. The molecule has 1 amide bonds. The van der Waals surface area contributed by atoms with Crippen LogP contribution in [0.15, 0.2) is 60.8 Å². The van der Waals surface area contributed by atoms with Crippen LogP contribution in [0.3, 0.4) is 0 Å². The molecule has 9 nitrogen and oxygen atoms in total. The van der Waals surface area contributed by atoms with Crippen LogP contribution in [0.2, 0.25) is 0 Å². The van der Waals surface area contributed by atoms with Gasteiger partial charge in [0.25, 0.3) is 0 Å². The first-order valence-corrected chi connectivity index (χ1v) is 20.5. The van der Waals surface area contributed by atoms with Gasteiger partial charge in [-0.25, -0.2) is 0 Å². The van der Waals surface area contributed by atoms with Crippen LogP contribution in [-0.4, -0.2) is 87.5 Å². The zero-order valence-electron chi connectivity index (χ0n) is 32.5. The molecule has 0 aromatic heterocycles. The molecule has 7 unspecified atom stereocenters. The van der Waals surface area contributed by atoms with Crippen molar-refractivity contribution in [2.75, 3.05) is 13.2 Å². The van der Waals surface area contributed by atoms with Crippen molar-refractivity contribution in [2.45, 2.75) is 192 Å². The number of hydrogen-bond acceptors (Lipinski definition) is 8. The van der Waals surface area contributed by atoms with Crippen LogP contribution in [0.5, 0.6) is 0 Å². The number of aliphatic hydroxyl groups excluding tert-OH is 5. The van der Waals surface area contributed by atoms with Gasteiger partial charge in [0.1, 0.15) is 24.4 Å². The van der Waals surface area contributed by atoms with E-state index in [0.717, 1.165) is 83.5 Å². The Morgan fingerprint density at radius 1 is 0.654 bits per heavy atom. The highest BCUT2D eigenvalue weighted by molar-refractivity contribution is 5.76. The van der Waals surface area contributed by atoms with Crippen molar-refractivity contribution in [3.05, 3.63) is 60.8 Å². The average molecular weight is 734 g/mol. The third kappa shape index (κ3) is 24.3. The van der Waals surface area contributed by atoms with Gasteiger partial charge in [-0.05, 0) is 70.6 Å². The molecule has 6 N–H and O–H groups in total. The third-order valence-corrected chi connectivity index (χ3v) is 9.29. The minimum atomic E-state index is -1.58. The molecular formula is C43H75NO8. The monoisotopic (exact) mass is 734 g/mol. The van der Waals surface area contributed by atoms with Crippen LogP contribution in [0.4, 0.5) is 0 Å². The lowest BCUT2D eigenvalue weighted by Crippen LogP contribution is -2.60. The fraction of sp³-hybridized carbons (Fsp3) is 0.744. The fourth-order valence-corrected chi connectivity index (χ4v) is 5.91. The lowest BCUT2D eigenvalue weighted by Gasteiger charge is -2.40. The summed E-state index contributed by atoms with van der Waals surface area (Å²) in [6, 6.07) is -0.835. The summed E-state index contributed by atoms with van der Waals surface area (Å²) < 4.78 is 11.1. The molecule has 0 radical (unpaired) electrons. The molecule has 1 aliphatic rings. The quantitative estimate of drug-likeness (QED) is 0.0305. The molecule has 9 heteroatoms. The summed E-state index contributed by atoms with van der Waals surface area (Å²) in [7, 11) is 0. The van der Waals surface area contributed by atoms with Crippen molar-refractivity contribution in [1.82, 2.24) is 5.32 Å². The number of allylic oxidation sites excluding steroid dienone is 9. The number of nitrogens with one attached hydrogen (secondary N) is 1. The van der Waals surface area contributed by atoms with E-state index in [2.05, 4.69) is 67.8 Å². The smallest absolute Gasteiger partial charge is 0.220 e. The van der Waals surface area contributed by atoms with Crippen LogP contribution < -0.4 is 5.32 Å². The van der Waals surface area contributed by atoms with Crippen LogP contribution in [-0.2, 0) is 14.3 Å². The number of hydrogen-bond donors (Lipinski definition) is 6. The fourth-order valence-electron chi connectivity index (χ4n) is 5.91. The highest BCUT2D eigenvalue weighted by Crippen LogP contribution is 2.22. The Balaban J connectivity index is 2.49. The molecule has 1 saturated heterocycles. The first-order chi connectivity index (χ1) is 25.3. The van der Waals surface area contributed by atoms with Gasteiger partial charge in [-0.2, -0.15) is 0 Å². The summed E-state index contributed by atoms with van der Waals surface area (Å²) >= 11 is 0. The van der Waals surface area contributed by atoms with Gasteiger partial charge in [-0.15, -0.1) is 0 Å². The van der Waals surface area contributed by atoms with Crippen LogP contribution in [0.1, 0.15) is 149 Å². The number of carbonyl (C=O) groups is 1. The Morgan fingerprint density at radius 3 is 1.79 bits per heavy atom. The lowest BCUT2D eigenvalue weighted by molar-refractivity contribution is -0.302. The van der Waals surface area contributed by atoms with Gasteiger partial charge in [0.05, 0.1) is 25.4 Å². The topological polar surface area (TPSA) is 149 Å². The Bertz CT molecular complexity index is 994. The number of rotatable bonds is 32. The molecule has 1 aliphatic heterocycles. The first-order valence-electron chi connectivity index (χ1n) is 20.5. The second-order valence-electron chi connectivity index (χ2n) is 14.1. The zero-order valence-corrected chi connectivity index (χ0v) is 32.5. The van der Waals surface area contributed by atoms with Crippen LogP contribution in [0.25, 0.3) is 0 Å². The predicted octanol–water partition coefficient (Wildman–Crippen LogP) is 7.66. The second kappa shape index (κ2) is 33.5. The number of aliphatic hydroxyl groups is 5. The van der Waals surface area contributed by atoms with Gasteiger partial charge in [-0.3, -0.25) is 4.79 Å². The molecule has 0 aliphatic carbocycles. The van der Waals surface area contributed by atoms with Gasteiger partial charge in [0.2, 0.25) is 5.91 Å². The van der Waals surface area contributed by atoms with Gasteiger partial charge in [0.15, 0.2) is 6.29 Å². The van der Waals surface area contributed by atoms with Crippen LogP contribution in [0, 0.1) is 0 Å². The molecule has 1 fully saturated rings. The lowest BCUT2D eigenvalue weighted by atomic mass is 9.99. The minimum absolute atomic E-state index is 0.210. The molecule has 52 heavy (non-hydrogen) atoms. The van der Waals surface area contributed by atoms with Gasteiger partial charge >= 0.3 is 0 Å². The summed E-state index contributed by atoms with van der Waals surface area (Å²) in [4.78, 5) is 12.9. The molecule has 0 aromatic carbocycles. The van der Waals surface area contributed by atoms with Gasteiger partial charge in [-0.1, -0.05) is 132 Å². The predicted molar refractivity (Wildman–Crippen MR) is 212 cm³/mol. The molecule has 1 heterocycles. The summed E-state index contributed by atoms with van der Waals surface area (Å²) in [6.07, 6.45) is 35.4. The molecule has 0 spiro atoms. The Labute approximate surface area is 316 Å². The molecule has 1 rings (SSSR count). The highest BCUT2D eigenvalue weighted by atomic mass is 16.7. The summed E-state index contributed by atoms with van der Waals surface area (Å²) in [5.41, 5.74) is 0. The molecule has 7 atom stereocenters. The highest BCUT2D eigenvalue weighted by Gasteiger charge is 2.44. The van der Waals surface area contributed by atoms with Crippen molar-refractivity contribution in [3.63, 3.8) is 0 Å². The van der Waals surface area contributed by atoms with E-state index in [1.54, 1.807) is 6.08 Å². The molecular weight excluding hydrogens is 658 g/mol. The zero-order chi connectivity index (χ0) is 38.1. The van der Waals surface area contributed by atoms with Crippen LogP contribution >= 0.6 is 0 Å². The summed E-state index contributed by atoms with van der Waals surface area (Å²) in [5.74, 6) is -0.210. The minimum Gasteiger partial charge on any atom is -0.394 e. The maximum atomic E-state index is 12.9. The largest absolute Gasteiger partial charge is 0.394 e. The van der Waals surface area contributed by atoms with Crippen molar-refractivity contribution in [1.29, 1.82) is 0 Å². The maximum Gasteiger partial charge on any atom is 0.220 e. The van der Waals surface area contributed by atoms with E-state index < -0.39 is 49.5 Å². The number of carbonyl (C=O) groups excluding carboxylic acids is 1. The van der Waals surface area contributed by atoms with Crippen molar-refractivity contribution < 1.29 is 39.8 Å². The van der Waals surface area contributed by atoms with E-state index in [4.69, 9.17) is 9.47 Å². The number of unbranched alkanes of at least 4 members (excludes halogenated alkanes) is 14. The second-order valence-corrected chi connectivity index (χ2v) is 14.1. The van der Waals surface area contributed by atoms with E-state index in [0.29, 0.717) is 6.42 Å². The molecule has 300 valence electrons. The van der Waals surface area contributed by atoms with Crippen molar-refractivity contribution >= 4 is 5.91 Å².